The first kappa shape index (κ1) is 17.9. The fraction of sp³-hybridized carbons (Fsp3) is 1.00. The summed E-state index contributed by atoms with van der Waals surface area (Å²) in [6, 6.07) is 0.363. The maximum Gasteiger partial charge on any atom is 0.0615 e. The zero-order valence-corrected chi connectivity index (χ0v) is 13.7. The summed E-state index contributed by atoms with van der Waals surface area (Å²) in [5.74, 6) is 0. The molecule has 0 amide bonds. The van der Waals surface area contributed by atoms with Gasteiger partial charge in [0.25, 0.3) is 0 Å². The Morgan fingerprint density at radius 3 is 2.60 bits per heavy atom. The summed E-state index contributed by atoms with van der Waals surface area (Å²) >= 11 is 0. The Bertz CT molecular complexity index is 266. The zero-order chi connectivity index (χ0) is 15.0. The van der Waals surface area contributed by atoms with E-state index in [9.17, 15) is 0 Å². The van der Waals surface area contributed by atoms with Crippen LogP contribution in [0.25, 0.3) is 0 Å². The molecule has 1 fully saturated rings. The smallest absolute Gasteiger partial charge is 0.0615 e. The first-order chi connectivity index (χ1) is 9.59. The molecular weight excluding hydrogens is 254 g/mol. The van der Waals surface area contributed by atoms with Gasteiger partial charge in [-0.05, 0) is 46.3 Å². The van der Waals surface area contributed by atoms with E-state index in [2.05, 4.69) is 23.8 Å². The molecule has 2 atom stereocenters. The molecule has 1 heterocycles. The van der Waals surface area contributed by atoms with Gasteiger partial charge in [-0.1, -0.05) is 0 Å². The third kappa shape index (κ3) is 4.67. The SMILES string of the molecule is COCCN(C(C)COC)C1(CN)CCCN(C)CC1. The fourth-order valence-corrected chi connectivity index (χ4v) is 3.37. The molecule has 0 aromatic rings. The van der Waals surface area contributed by atoms with Gasteiger partial charge in [0.05, 0.1) is 13.2 Å². The summed E-state index contributed by atoms with van der Waals surface area (Å²) in [6.45, 7) is 7.61. The number of ether oxygens (including phenoxy) is 2. The van der Waals surface area contributed by atoms with Gasteiger partial charge >= 0.3 is 0 Å². The van der Waals surface area contributed by atoms with Crippen molar-refractivity contribution < 1.29 is 9.47 Å². The van der Waals surface area contributed by atoms with E-state index < -0.39 is 0 Å². The second-order valence-corrected chi connectivity index (χ2v) is 6.08. The molecule has 1 aliphatic heterocycles. The molecule has 2 N–H and O–H groups in total. The van der Waals surface area contributed by atoms with Gasteiger partial charge in [0.1, 0.15) is 0 Å². The van der Waals surface area contributed by atoms with Gasteiger partial charge in [0, 0.05) is 38.9 Å². The maximum atomic E-state index is 6.22. The molecule has 1 rings (SSSR count). The average molecular weight is 287 g/mol. The Morgan fingerprint density at radius 2 is 2.00 bits per heavy atom. The van der Waals surface area contributed by atoms with Crippen molar-refractivity contribution in [1.29, 1.82) is 0 Å². The van der Waals surface area contributed by atoms with Crippen molar-refractivity contribution in [2.45, 2.75) is 37.8 Å². The van der Waals surface area contributed by atoms with E-state index >= 15 is 0 Å². The lowest BCUT2D eigenvalue weighted by Gasteiger charge is -2.46. The van der Waals surface area contributed by atoms with E-state index in [1.54, 1.807) is 14.2 Å². The van der Waals surface area contributed by atoms with Crippen LogP contribution in [0.5, 0.6) is 0 Å². The number of nitrogens with two attached hydrogens (primary N) is 1. The highest BCUT2D eigenvalue weighted by molar-refractivity contribution is 4.96. The maximum absolute atomic E-state index is 6.22. The highest BCUT2D eigenvalue weighted by atomic mass is 16.5. The topological polar surface area (TPSA) is 51.0 Å². The molecule has 1 aliphatic rings. The van der Waals surface area contributed by atoms with Crippen LogP contribution < -0.4 is 5.73 Å². The number of rotatable bonds is 8. The molecule has 120 valence electrons. The number of hydrogen-bond acceptors (Lipinski definition) is 5. The first-order valence-corrected chi connectivity index (χ1v) is 7.73. The molecule has 0 saturated carbocycles. The van der Waals surface area contributed by atoms with Crippen molar-refractivity contribution in [3.63, 3.8) is 0 Å². The number of methoxy groups -OCH3 is 2. The van der Waals surface area contributed by atoms with Crippen LogP contribution in [0.2, 0.25) is 0 Å². The second-order valence-electron chi connectivity index (χ2n) is 6.08. The molecule has 2 unspecified atom stereocenters. The molecule has 0 bridgehead atoms. The van der Waals surface area contributed by atoms with Gasteiger partial charge in [-0.3, -0.25) is 4.90 Å². The predicted octanol–water partition coefficient (Wildman–Crippen LogP) is 0.783. The molecule has 20 heavy (non-hydrogen) atoms. The van der Waals surface area contributed by atoms with Gasteiger partial charge < -0.3 is 20.1 Å². The summed E-state index contributed by atoms with van der Waals surface area (Å²) < 4.78 is 10.7. The van der Waals surface area contributed by atoms with Crippen molar-refractivity contribution in [3.05, 3.63) is 0 Å². The van der Waals surface area contributed by atoms with Crippen LogP contribution in [0.15, 0.2) is 0 Å². The molecule has 5 nitrogen and oxygen atoms in total. The monoisotopic (exact) mass is 287 g/mol. The lowest BCUT2D eigenvalue weighted by atomic mass is 9.87. The summed E-state index contributed by atoms with van der Waals surface area (Å²) in [4.78, 5) is 4.94. The summed E-state index contributed by atoms with van der Waals surface area (Å²) in [5.41, 5.74) is 6.30. The van der Waals surface area contributed by atoms with Crippen LogP contribution in [0, 0.1) is 0 Å². The molecule has 0 aromatic heterocycles. The van der Waals surface area contributed by atoms with E-state index in [1.165, 1.54) is 13.0 Å². The minimum atomic E-state index is 0.0846. The third-order valence-electron chi connectivity index (χ3n) is 4.61. The van der Waals surface area contributed by atoms with E-state index in [4.69, 9.17) is 15.2 Å². The minimum absolute atomic E-state index is 0.0846. The first-order valence-electron chi connectivity index (χ1n) is 7.73. The number of likely N-dealkylation sites (tertiary alicyclic amines) is 1. The molecule has 0 spiro atoms. The van der Waals surface area contributed by atoms with E-state index in [0.717, 1.165) is 39.1 Å². The van der Waals surface area contributed by atoms with Crippen molar-refractivity contribution >= 4 is 0 Å². The second kappa shape index (κ2) is 8.95. The Balaban J connectivity index is 2.86. The average Bonchev–Trinajstić information content (AvgIpc) is 2.62. The third-order valence-corrected chi connectivity index (χ3v) is 4.61. The quantitative estimate of drug-likeness (QED) is 0.715. The summed E-state index contributed by atoms with van der Waals surface area (Å²) in [6.07, 6.45) is 3.49. The van der Waals surface area contributed by atoms with Gasteiger partial charge in [-0.15, -0.1) is 0 Å². The molecule has 0 aliphatic carbocycles. The van der Waals surface area contributed by atoms with Crippen LogP contribution in [0.1, 0.15) is 26.2 Å². The Labute approximate surface area is 124 Å². The van der Waals surface area contributed by atoms with Gasteiger partial charge in [-0.2, -0.15) is 0 Å². The Hall–Kier alpha value is -0.200. The predicted molar refractivity (Wildman–Crippen MR) is 83.1 cm³/mol. The van der Waals surface area contributed by atoms with E-state index in [0.29, 0.717) is 12.6 Å². The van der Waals surface area contributed by atoms with Crippen molar-refractivity contribution in [1.82, 2.24) is 9.80 Å². The lowest BCUT2D eigenvalue weighted by molar-refractivity contribution is -0.00786. The van der Waals surface area contributed by atoms with Gasteiger partial charge in [0.2, 0.25) is 0 Å². The fourth-order valence-electron chi connectivity index (χ4n) is 3.37. The molecule has 0 radical (unpaired) electrons. The molecule has 0 aromatic carbocycles. The van der Waals surface area contributed by atoms with Crippen LogP contribution in [0.4, 0.5) is 0 Å². The van der Waals surface area contributed by atoms with E-state index in [1.807, 2.05) is 0 Å². The molecule has 1 saturated heterocycles. The zero-order valence-electron chi connectivity index (χ0n) is 13.7. The summed E-state index contributed by atoms with van der Waals surface area (Å²) in [5, 5.41) is 0. The largest absolute Gasteiger partial charge is 0.383 e. The Morgan fingerprint density at radius 1 is 1.25 bits per heavy atom. The summed E-state index contributed by atoms with van der Waals surface area (Å²) in [7, 11) is 5.72. The molecule has 5 heteroatoms. The van der Waals surface area contributed by atoms with Crippen LogP contribution in [-0.2, 0) is 9.47 Å². The highest BCUT2D eigenvalue weighted by Gasteiger charge is 2.38. The standard InChI is InChI=1S/C15H33N3O2/c1-14(12-20-4)18(10-11-19-3)15(13-16)6-5-8-17(2)9-7-15/h14H,5-13,16H2,1-4H3. The van der Waals surface area contributed by atoms with Crippen molar-refractivity contribution in [2.75, 3.05) is 60.7 Å². The minimum Gasteiger partial charge on any atom is -0.383 e. The normalized spacial score (nSPS) is 26.7. The molecular formula is C15H33N3O2. The van der Waals surface area contributed by atoms with Gasteiger partial charge in [-0.25, -0.2) is 0 Å². The van der Waals surface area contributed by atoms with Crippen LogP contribution in [-0.4, -0.2) is 82.0 Å². The highest BCUT2D eigenvalue weighted by Crippen LogP contribution is 2.29. The number of hydrogen-bond donors (Lipinski definition) is 1. The van der Waals surface area contributed by atoms with E-state index in [-0.39, 0.29) is 5.54 Å². The van der Waals surface area contributed by atoms with Crippen molar-refractivity contribution in [2.24, 2.45) is 5.73 Å². The lowest BCUT2D eigenvalue weighted by Crippen LogP contribution is -2.59. The van der Waals surface area contributed by atoms with Crippen LogP contribution in [0.3, 0.4) is 0 Å². The van der Waals surface area contributed by atoms with Gasteiger partial charge in [0.15, 0.2) is 0 Å². The number of nitrogens with zero attached hydrogens (tertiary/aromatic N) is 2. The van der Waals surface area contributed by atoms with Crippen LogP contribution >= 0.6 is 0 Å². The van der Waals surface area contributed by atoms with Crippen molar-refractivity contribution in [3.8, 4) is 0 Å². The Kier molecular flexibility index (Phi) is 7.99.